The summed E-state index contributed by atoms with van der Waals surface area (Å²) < 4.78 is 7.13. The van der Waals surface area contributed by atoms with Crippen molar-refractivity contribution >= 4 is 22.6 Å². The van der Waals surface area contributed by atoms with Crippen LogP contribution in [0.1, 0.15) is 22.3 Å². The number of rotatable bonds is 4. The molecular weight excluding hydrogens is 351 g/mol. The predicted octanol–water partition coefficient (Wildman–Crippen LogP) is 3.98. The number of hydrogen-bond donors (Lipinski definition) is 1. The Hall–Kier alpha value is -1.07. The molecular formula is C16H17IO2. The number of aryl methyl sites for hydroxylation is 2. The van der Waals surface area contributed by atoms with E-state index in [9.17, 15) is 0 Å². The minimum atomic E-state index is 0.0685. The highest BCUT2D eigenvalue weighted by atomic mass is 127. The molecule has 0 saturated carbocycles. The van der Waals surface area contributed by atoms with E-state index >= 15 is 0 Å². The van der Waals surface area contributed by atoms with Gasteiger partial charge in [-0.25, -0.2) is 0 Å². The van der Waals surface area contributed by atoms with Crippen molar-refractivity contribution < 1.29 is 9.84 Å². The first-order valence-electron chi connectivity index (χ1n) is 6.18. The van der Waals surface area contributed by atoms with Crippen LogP contribution in [-0.4, -0.2) is 5.11 Å². The first kappa shape index (κ1) is 14.3. The van der Waals surface area contributed by atoms with Gasteiger partial charge in [-0.1, -0.05) is 24.3 Å². The Morgan fingerprint density at radius 2 is 1.58 bits per heavy atom. The van der Waals surface area contributed by atoms with Gasteiger partial charge in [-0.3, -0.25) is 0 Å². The van der Waals surface area contributed by atoms with Gasteiger partial charge in [0.15, 0.2) is 0 Å². The molecule has 0 bridgehead atoms. The normalized spacial score (nSPS) is 10.5. The van der Waals surface area contributed by atoms with Gasteiger partial charge >= 0.3 is 0 Å². The van der Waals surface area contributed by atoms with Gasteiger partial charge < -0.3 is 9.84 Å². The molecule has 2 rings (SSSR count). The van der Waals surface area contributed by atoms with Crippen molar-refractivity contribution in [2.24, 2.45) is 0 Å². The molecule has 3 heteroatoms. The minimum Gasteiger partial charge on any atom is -0.488 e. The zero-order chi connectivity index (χ0) is 13.8. The van der Waals surface area contributed by atoms with Crippen molar-refractivity contribution in [3.05, 3.63) is 62.2 Å². The van der Waals surface area contributed by atoms with Crippen LogP contribution < -0.4 is 4.74 Å². The van der Waals surface area contributed by atoms with Crippen molar-refractivity contribution in [2.45, 2.75) is 27.1 Å². The Labute approximate surface area is 127 Å². The number of benzene rings is 2. The van der Waals surface area contributed by atoms with Crippen molar-refractivity contribution in [3.63, 3.8) is 0 Å². The van der Waals surface area contributed by atoms with Crippen LogP contribution in [-0.2, 0) is 13.2 Å². The summed E-state index contributed by atoms with van der Waals surface area (Å²) in [6, 6.07) is 12.2. The molecule has 0 atom stereocenters. The Balaban J connectivity index is 2.13. The summed E-state index contributed by atoms with van der Waals surface area (Å²) >= 11 is 2.29. The van der Waals surface area contributed by atoms with Gasteiger partial charge in [0.1, 0.15) is 12.4 Å². The zero-order valence-corrected chi connectivity index (χ0v) is 13.3. The second-order valence-electron chi connectivity index (χ2n) is 4.63. The number of halogens is 1. The molecule has 0 aromatic heterocycles. The van der Waals surface area contributed by atoms with Gasteiger partial charge in [0.2, 0.25) is 0 Å². The fraction of sp³-hybridized carbons (Fsp3) is 0.250. The molecule has 0 aliphatic heterocycles. The van der Waals surface area contributed by atoms with Crippen LogP contribution in [0.5, 0.6) is 5.75 Å². The molecule has 100 valence electrons. The average Bonchev–Trinajstić information content (AvgIpc) is 2.39. The van der Waals surface area contributed by atoms with E-state index in [0.717, 1.165) is 28.0 Å². The van der Waals surface area contributed by atoms with E-state index in [4.69, 9.17) is 9.84 Å². The lowest BCUT2D eigenvalue weighted by atomic mass is 10.1. The van der Waals surface area contributed by atoms with E-state index in [1.54, 1.807) is 0 Å². The van der Waals surface area contributed by atoms with Crippen molar-refractivity contribution in [1.29, 1.82) is 0 Å². The molecule has 0 aliphatic rings. The van der Waals surface area contributed by atoms with Gasteiger partial charge in [-0.2, -0.15) is 0 Å². The summed E-state index contributed by atoms with van der Waals surface area (Å²) in [4.78, 5) is 0. The molecule has 0 heterocycles. The molecule has 0 radical (unpaired) electrons. The largest absolute Gasteiger partial charge is 0.488 e. The molecule has 0 spiro atoms. The molecule has 2 nitrogen and oxygen atoms in total. The van der Waals surface area contributed by atoms with E-state index in [0.29, 0.717) is 6.61 Å². The third-order valence-corrected chi connectivity index (χ3v) is 3.72. The van der Waals surface area contributed by atoms with E-state index < -0.39 is 0 Å². The summed E-state index contributed by atoms with van der Waals surface area (Å²) in [7, 11) is 0. The smallest absolute Gasteiger partial charge is 0.125 e. The maximum Gasteiger partial charge on any atom is 0.125 e. The molecule has 0 amide bonds. The van der Waals surface area contributed by atoms with Crippen LogP contribution >= 0.6 is 22.6 Å². The van der Waals surface area contributed by atoms with Gasteiger partial charge in [0.25, 0.3) is 0 Å². The average molecular weight is 368 g/mol. The van der Waals surface area contributed by atoms with Gasteiger partial charge in [-0.05, 0) is 70.8 Å². The lowest BCUT2D eigenvalue weighted by Crippen LogP contribution is -2.00. The Morgan fingerprint density at radius 1 is 1.00 bits per heavy atom. The van der Waals surface area contributed by atoms with Crippen molar-refractivity contribution in [3.8, 4) is 5.75 Å². The number of aliphatic hydroxyl groups excluding tert-OH is 1. The lowest BCUT2D eigenvalue weighted by Gasteiger charge is -2.13. The van der Waals surface area contributed by atoms with Gasteiger partial charge in [0.05, 0.1) is 6.61 Å². The SMILES string of the molecule is Cc1cc(CO)cc(C)c1OCc1ccc(I)cc1. The van der Waals surface area contributed by atoms with E-state index in [1.165, 1.54) is 3.57 Å². The van der Waals surface area contributed by atoms with Crippen LogP contribution in [0.3, 0.4) is 0 Å². The quantitative estimate of drug-likeness (QED) is 0.828. The van der Waals surface area contributed by atoms with Gasteiger partial charge in [-0.15, -0.1) is 0 Å². The molecule has 2 aromatic rings. The third kappa shape index (κ3) is 3.70. The molecule has 1 N–H and O–H groups in total. The van der Waals surface area contributed by atoms with Crippen LogP contribution in [0.4, 0.5) is 0 Å². The molecule has 0 saturated heterocycles. The summed E-state index contributed by atoms with van der Waals surface area (Å²) in [5.41, 5.74) is 4.21. The fourth-order valence-electron chi connectivity index (χ4n) is 2.10. The summed E-state index contributed by atoms with van der Waals surface area (Å²) in [6.45, 7) is 4.65. The number of aliphatic hydroxyl groups is 1. The monoisotopic (exact) mass is 368 g/mol. The molecule has 0 aliphatic carbocycles. The molecule has 19 heavy (non-hydrogen) atoms. The minimum absolute atomic E-state index is 0.0685. The summed E-state index contributed by atoms with van der Waals surface area (Å²) in [6.07, 6.45) is 0. The Bertz CT molecular complexity index is 538. The van der Waals surface area contributed by atoms with E-state index in [-0.39, 0.29) is 6.61 Å². The predicted molar refractivity (Wildman–Crippen MR) is 85.3 cm³/mol. The van der Waals surface area contributed by atoms with Crippen molar-refractivity contribution in [1.82, 2.24) is 0 Å². The standard InChI is InChI=1S/C16H17IO2/c1-11-7-14(9-18)8-12(2)16(11)19-10-13-3-5-15(17)6-4-13/h3-8,18H,9-10H2,1-2H3. The highest BCUT2D eigenvalue weighted by Gasteiger charge is 2.06. The fourth-order valence-corrected chi connectivity index (χ4v) is 2.45. The number of hydrogen-bond acceptors (Lipinski definition) is 2. The van der Waals surface area contributed by atoms with Gasteiger partial charge in [0, 0.05) is 3.57 Å². The number of ether oxygens (including phenoxy) is 1. The van der Waals surface area contributed by atoms with Crippen LogP contribution in [0.2, 0.25) is 0 Å². The highest BCUT2D eigenvalue weighted by molar-refractivity contribution is 14.1. The Kier molecular flexibility index (Phi) is 4.82. The topological polar surface area (TPSA) is 29.5 Å². The van der Waals surface area contributed by atoms with E-state index in [1.807, 2.05) is 26.0 Å². The summed E-state index contributed by atoms with van der Waals surface area (Å²) in [5.74, 6) is 0.913. The molecule has 0 fully saturated rings. The lowest BCUT2D eigenvalue weighted by molar-refractivity contribution is 0.280. The first-order valence-corrected chi connectivity index (χ1v) is 7.26. The Morgan fingerprint density at radius 3 is 2.11 bits per heavy atom. The molecule has 2 aromatic carbocycles. The van der Waals surface area contributed by atoms with Crippen molar-refractivity contribution in [2.75, 3.05) is 0 Å². The third-order valence-electron chi connectivity index (χ3n) is 3.00. The molecule has 0 unspecified atom stereocenters. The maximum absolute atomic E-state index is 9.17. The van der Waals surface area contributed by atoms with Crippen LogP contribution in [0.15, 0.2) is 36.4 Å². The second-order valence-corrected chi connectivity index (χ2v) is 5.88. The zero-order valence-electron chi connectivity index (χ0n) is 11.1. The summed E-state index contributed by atoms with van der Waals surface area (Å²) in [5, 5.41) is 9.17. The van der Waals surface area contributed by atoms with Crippen LogP contribution in [0, 0.1) is 17.4 Å². The highest BCUT2D eigenvalue weighted by Crippen LogP contribution is 2.25. The van der Waals surface area contributed by atoms with E-state index in [2.05, 4.69) is 46.9 Å². The van der Waals surface area contributed by atoms with Crippen LogP contribution in [0.25, 0.3) is 0 Å². The maximum atomic E-state index is 9.17. The first-order chi connectivity index (χ1) is 9.10. The second kappa shape index (κ2) is 6.39.